The van der Waals surface area contributed by atoms with Gasteiger partial charge in [-0.25, -0.2) is 0 Å². The van der Waals surface area contributed by atoms with Gasteiger partial charge in [0.2, 0.25) is 12.6 Å². The van der Waals surface area contributed by atoms with Gasteiger partial charge in [-0.15, -0.1) is 0 Å². The Morgan fingerprint density at radius 1 is 1.29 bits per heavy atom. The lowest BCUT2D eigenvalue weighted by molar-refractivity contribution is -0.144. The lowest BCUT2D eigenvalue weighted by Crippen LogP contribution is -2.27. The largest absolute Gasteiger partial charge is 0.465 e. The number of carbonyl (C=O) groups is 2. The third-order valence-electron chi connectivity index (χ3n) is 3.32. The van der Waals surface area contributed by atoms with E-state index < -0.39 is 17.7 Å². The van der Waals surface area contributed by atoms with Crippen molar-refractivity contribution < 1.29 is 28.2 Å². The molecule has 1 aliphatic rings. The Hall–Kier alpha value is -3.09. The van der Waals surface area contributed by atoms with Crippen LogP contribution in [0.25, 0.3) is 0 Å². The smallest absolute Gasteiger partial charge is 0.322 e. The molecule has 1 aromatic carbocycles. The van der Waals surface area contributed by atoms with Gasteiger partial charge in [0.05, 0.1) is 18.6 Å². The summed E-state index contributed by atoms with van der Waals surface area (Å²) in [5.41, 5.74) is 0.529. The molecule has 0 aliphatic carbocycles. The highest BCUT2D eigenvalue weighted by molar-refractivity contribution is 6.17. The Morgan fingerprint density at radius 3 is 2.88 bits per heavy atom. The Labute approximate surface area is 137 Å². The molecule has 2 aromatic rings. The molecule has 7 nitrogen and oxygen atoms in total. The van der Waals surface area contributed by atoms with Crippen LogP contribution < -0.4 is 9.47 Å². The molecule has 0 radical (unpaired) electrons. The third-order valence-corrected chi connectivity index (χ3v) is 3.32. The van der Waals surface area contributed by atoms with Crippen LogP contribution in [0.15, 0.2) is 46.0 Å². The zero-order valence-electron chi connectivity index (χ0n) is 12.9. The molecule has 7 heteroatoms. The van der Waals surface area contributed by atoms with E-state index in [2.05, 4.69) is 4.99 Å². The van der Waals surface area contributed by atoms with Crippen molar-refractivity contribution in [2.24, 2.45) is 10.9 Å². The number of Topliss-reactive ketones (excluding diaryl/α,β-unsaturated/α-hetero) is 1. The zero-order chi connectivity index (χ0) is 16.9. The second-order valence-electron chi connectivity index (χ2n) is 4.89. The van der Waals surface area contributed by atoms with E-state index in [-0.39, 0.29) is 19.2 Å². The zero-order valence-corrected chi connectivity index (χ0v) is 12.9. The minimum absolute atomic E-state index is 0.0742. The van der Waals surface area contributed by atoms with Crippen LogP contribution >= 0.6 is 0 Å². The first-order valence-corrected chi connectivity index (χ1v) is 7.37. The number of hydrogen-bond acceptors (Lipinski definition) is 7. The maximum Gasteiger partial charge on any atom is 0.322 e. The third kappa shape index (κ3) is 3.29. The number of fused-ring (bicyclic) bond motifs is 1. The van der Waals surface area contributed by atoms with Crippen molar-refractivity contribution >= 4 is 23.7 Å². The van der Waals surface area contributed by atoms with Crippen LogP contribution in [-0.2, 0) is 9.53 Å². The van der Waals surface area contributed by atoms with E-state index >= 15 is 0 Å². The lowest BCUT2D eigenvalue weighted by Gasteiger charge is -2.08. The van der Waals surface area contributed by atoms with E-state index in [0.29, 0.717) is 17.2 Å². The van der Waals surface area contributed by atoms with Crippen molar-refractivity contribution in [3.05, 3.63) is 42.4 Å². The van der Waals surface area contributed by atoms with Crippen LogP contribution in [0.4, 0.5) is 5.69 Å². The summed E-state index contributed by atoms with van der Waals surface area (Å²) in [7, 11) is 0. The van der Waals surface area contributed by atoms with E-state index in [9.17, 15) is 9.59 Å². The molecule has 1 atom stereocenters. The maximum absolute atomic E-state index is 12.4. The highest BCUT2D eigenvalue weighted by Gasteiger charge is 2.29. The first kappa shape index (κ1) is 15.8. The number of furan rings is 1. The standard InChI is InChI=1S/C17H15NO6/c1-2-21-17(20)12(16(19)14-4-3-7-22-14)9-18-11-5-6-13-15(8-11)24-10-23-13/h3-9,12H,2,10H2,1H3. The molecule has 0 saturated carbocycles. The minimum Gasteiger partial charge on any atom is -0.465 e. The number of esters is 1. The van der Waals surface area contributed by atoms with Crippen molar-refractivity contribution in [3.8, 4) is 11.5 Å². The van der Waals surface area contributed by atoms with Crippen molar-refractivity contribution in [3.63, 3.8) is 0 Å². The number of nitrogens with zero attached hydrogens (tertiary/aromatic N) is 1. The van der Waals surface area contributed by atoms with Crippen molar-refractivity contribution in [2.75, 3.05) is 13.4 Å². The summed E-state index contributed by atoms with van der Waals surface area (Å²) in [5, 5.41) is 0. The van der Waals surface area contributed by atoms with Crippen molar-refractivity contribution in [2.45, 2.75) is 6.92 Å². The van der Waals surface area contributed by atoms with E-state index in [4.69, 9.17) is 18.6 Å². The predicted molar refractivity (Wildman–Crippen MR) is 83.9 cm³/mol. The molecule has 1 aliphatic heterocycles. The van der Waals surface area contributed by atoms with Crippen molar-refractivity contribution in [1.29, 1.82) is 0 Å². The highest BCUT2D eigenvalue weighted by atomic mass is 16.7. The molecule has 1 unspecified atom stereocenters. The number of hydrogen-bond donors (Lipinski definition) is 0. The maximum atomic E-state index is 12.4. The molecule has 24 heavy (non-hydrogen) atoms. The van der Waals surface area contributed by atoms with Gasteiger partial charge in [-0.1, -0.05) is 0 Å². The molecule has 0 fully saturated rings. The summed E-state index contributed by atoms with van der Waals surface area (Å²) in [6.45, 7) is 1.99. The van der Waals surface area contributed by atoms with Gasteiger partial charge in [0.15, 0.2) is 23.2 Å². The van der Waals surface area contributed by atoms with Gasteiger partial charge in [0, 0.05) is 12.3 Å². The van der Waals surface area contributed by atoms with Crippen LogP contribution in [-0.4, -0.2) is 31.4 Å². The number of benzene rings is 1. The van der Waals surface area contributed by atoms with E-state index in [1.54, 1.807) is 31.2 Å². The Balaban J connectivity index is 1.83. The number of carbonyl (C=O) groups excluding carboxylic acids is 2. The molecule has 0 bridgehead atoms. The first-order chi connectivity index (χ1) is 11.7. The van der Waals surface area contributed by atoms with Crippen LogP contribution in [0.5, 0.6) is 11.5 Å². The Bertz CT molecular complexity index is 765. The topological polar surface area (TPSA) is 87.3 Å². The highest BCUT2D eigenvalue weighted by Crippen LogP contribution is 2.35. The molecule has 0 spiro atoms. The number of rotatable bonds is 6. The van der Waals surface area contributed by atoms with E-state index in [0.717, 1.165) is 0 Å². The van der Waals surface area contributed by atoms with Crippen LogP contribution in [0, 0.1) is 5.92 Å². The summed E-state index contributed by atoms with van der Waals surface area (Å²) in [5.74, 6) is -1.10. The normalized spacial score (nSPS) is 13.9. The van der Waals surface area contributed by atoms with E-state index in [1.165, 1.54) is 18.5 Å². The van der Waals surface area contributed by atoms with Gasteiger partial charge in [0.1, 0.15) is 0 Å². The lowest BCUT2D eigenvalue weighted by atomic mass is 10.0. The van der Waals surface area contributed by atoms with E-state index in [1.807, 2.05) is 0 Å². The molecule has 0 amide bonds. The molecule has 124 valence electrons. The average Bonchev–Trinajstić information content (AvgIpc) is 3.26. The van der Waals surface area contributed by atoms with Crippen LogP contribution in [0.1, 0.15) is 17.5 Å². The molecular formula is C17H15NO6. The average molecular weight is 329 g/mol. The fourth-order valence-corrected chi connectivity index (χ4v) is 2.17. The van der Waals surface area contributed by atoms with Crippen LogP contribution in [0.2, 0.25) is 0 Å². The fraction of sp³-hybridized carbons (Fsp3) is 0.235. The quantitative estimate of drug-likeness (QED) is 0.350. The van der Waals surface area contributed by atoms with Crippen molar-refractivity contribution in [1.82, 2.24) is 0 Å². The SMILES string of the molecule is CCOC(=O)C(C=Nc1ccc2c(c1)OCO2)C(=O)c1ccco1. The van der Waals surface area contributed by atoms with Gasteiger partial charge in [-0.2, -0.15) is 0 Å². The molecule has 1 aromatic heterocycles. The van der Waals surface area contributed by atoms with Gasteiger partial charge in [-0.3, -0.25) is 14.6 Å². The van der Waals surface area contributed by atoms with Crippen LogP contribution in [0.3, 0.4) is 0 Å². The molecule has 2 heterocycles. The molecular weight excluding hydrogens is 314 g/mol. The Morgan fingerprint density at radius 2 is 2.12 bits per heavy atom. The molecule has 0 N–H and O–H groups in total. The second-order valence-corrected chi connectivity index (χ2v) is 4.89. The number of ether oxygens (including phenoxy) is 3. The van der Waals surface area contributed by atoms with Gasteiger partial charge < -0.3 is 18.6 Å². The summed E-state index contributed by atoms with van der Waals surface area (Å²) >= 11 is 0. The second kappa shape index (κ2) is 6.99. The fourth-order valence-electron chi connectivity index (χ4n) is 2.17. The summed E-state index contributed by atoms with van der Waals surface area (Å²) in [4.78, 5) is 28.7. The number of aliphatic imine (C=N–C) groups is 1. The predicted octanol–water partition coefficient (Wildman–Crippen LogP) is 2.77. The molecule has 3 rings (SSSR count). The number of ketones is 1. The Kier molecular flexibility index (Phi) is 4.60. The van der Waals surface area contributed by atoms with Gasteiger partial charge in [-0.05, 0) is 31.2 Å². The summed E-state index contributed by atoms with van der Waals surface area (Å²) in [6.07, 6.45) is 2.62. The monoisotopic (exact) mass is 329 g/mol. The summed E-state index contributed by atoms with van der Waals surface area (Å²) in [6, 6.07) is 8.14. The summed E-state index contributed by atoms with van der Waals surface area (Å²) < 4.78 is 20.5. The van der Waals surface area contributed by atoms with Gasteiger partial charge in [0.25, 0.3) is 0 Å². The molecule has 0 saturated heterocycles. The minimum atomic E-state index is -1.18. The van der Waals surface area contributed by atoms with Gasteiger partial charge >= 0.3 is 5.97 Å². The first-order valence-electron chi connectivity index (χ1n) is 7.37.